The summed E-state index contributed by atoms with van der Waals surface area (Å²) in [6.07, 6.45) is 1.89. The van der Waals surface area contributed by atoms with Crippen LogP contribution in [0, 0.1) is 0 Å². The Morgan fingerprint density at radius 2 is 1.77 bits per heavy atom. The number of hydrogen-bond acceptors (Lipinski definition) is 4. The molecule has 1 amide bonds. The number of nitrogens with one attached hydrogen (secondary N) is 1. The van der Waals surface area contributed by atoms with Crippen molar-refractivity contribution >= 4 is 21.6 Å². The highest BCUT2D eigenvalue weighted by atomic mass is 32.2. The lowest BCUT2D eigenvalue weighted by Gasteiger charge is -2.24. The molecule has 138 valence electrons. The summed E-state index contributed by atoms with van der Waals surface area (Å²) in [5, 5.41) is 2.84. The van der Waals surface area contributed by atoms with Crippen LogP contribution in [-0.2, 0) is 14.8 Å². The van der Waals surface area contributed by atoms with E-state index in [0.29, 0.717) is 18.0 Å². The Morgan fingerprint density at radius 3 is 2.35 bits per heavy atom. The Labute approximate surface area is 153 Å². The van der Waals surface area contributed by atoms with Gasteiger partial charge in [-0.3, -0.25) is 9.10 Å². The molecule has 2 aromatic carbocycles. The fraction of sp³-hybridized carbons (Fsp3) is 0.316. The smallest absolute Gasteiger partial charge is 0.264 e. The zero-order valence-corrected chi connectivity index (χ0v) is 15.4. The molecule has 1 N–H and O–H groups in total. The molecule has 0 bridgehead atoms. The molecule has 0 radical (unpaired) electrons. The lowest BCUT2D eigenvalue weighted by atomic mass is 10.3. The van der Waals surface area contributed by atoms with Gasteiger partial charge >= 0.3 is 0 Å². The van der Waals surface area contributed by atoms with E-state index >= 15 is 0 Å². The number of anilines is 1. The van der Waals surface area contributed by atoms with Crippen LogP contribution in [0.4, 0.5) is 5.69 Å². The van der Waals surface area contributed by atoms with Gasteiger partial charge in [-0.05, 0) is 56.2 Å². The molecule has 0 saturated heterocycles. The van der Waals surface area contributed by atoms with Gasteiger partial charge in [0.05, 0.1) is 17.2 Å². The van der Waals surface area contributed by atoms with Gasteiger partial charge in [-0.15, -0.1) is 0 Å². The largest absolute Gasteiger partial charge is 0.494 e. The van der Waals surface area contributed by atoms with Gasteiger partial charge in [0.1, 0.15) is 12.3 Å². The molecule has 1 fully saturated rings. The minimum Gasteiger partial charge on any atom is -0.494 e. The second-order valence-corrected chi connectivity index (χ2v) is 7.96. The van der Waals surface area contributed by atoms with Crippen molar-refractivity contribution in [3.8, 4) is 5.75 Å². The number of ether oxygens (including phenoxy) is 1. The number of nitrogens with zero attached hydrogens (tertiary/aromatic N) is 1. The molecular weight excluding hydrogens is 352 g/mol. The maximum absolute atomic E-state index is 13.1. The Bertz CT molecular complexity index is 847. The predicted molar refractivity (Wildman–Crippen MR) is 99.7 cm³/mol. The van der Waals surface area contributed by atoms with E-state index in [2.05, 4.69) is 5.32 Å². The summed E-state index contributed by atoms with van der Waals surface area (Å²) in [4.78, 5) is 12.4. The van der Waals surface area contributed by atoms with Crippen LogP contribution in [0.25, 0.3) is 0 Å². The zero-order chi connectivity index (χ0) is 18.6. The molecule has 1 saturated carbocycles. The van der Waals surface area contributed by atoms with E-state index < -0.39 is 10.0 Å². The monoisotopic (exact) mass is 374 g/mol. The fourth-order valence-corrected chi connectivity index (χ4v) is 3.98. The zero-order valence-electron chi connectivity index (χ0n) is 14.6. The number of rotatable bonds is 8. The second kappa shape index (κ2) is 7.78. The van der Waals surface area contributed by atoms with Crippen LogP contribution in [0.1, 0.15) is 19.8 Å². The third-order valence-electron chi connectivity index (χ3n) is 4.00. The molecule has 0 heterocycles. The average molecular weight is 374 g/mol. The number of carbonyl (C=O) groups is 1. The van der Waals surface area contributed by atoms with E-state index in [1.807, 2.05) is 6.92 Å². The SMILES string of the molecule is CCOc1ccc(N(CC(=O)NC2CC2)S(=O)(=O)c2ccccc2)cc1. The quantitative estimate of drug-likeness (QED) is 0.770. The summed E-state index contributed by atoms with van der Waals surface area (Å²) < 4.78 is 32.7. The lowest BCUT2D eigenvalue weighted by molar-refractivity contribution is -0.119. The van der Waals surface area contributed by atoms with Crippen molar-refractivity contribution in [3.05, 3.63) is 54.6 Å². The van der Waals surface area contributed by atoms with E-state index in [4.69, 9.17) is 4.74 Å². The molecule has 0 atom stereocenters. The van der Waals surface area contributed by atoms with Crippen molar-refractivity contribution in [2.45, 2.75) is 30.7 Å². The Balaban J connectivity index is 1.91. The summed E-state index contributed by atoms with van der Waals surface area (Å²) in [6, 6.07) is 15.0. The summed E-state index contributed by atoms with van der Waals surface area (Å²) in [6.45, 7) is 2.14. The topological polar surface area (TPSA) is 75.7 Å². The van der Waals surface area contributed by atoms with Crippen molar-refractivity contribution in [2.75, 3.05) is 17.5 Å². The standard InChI is InChI=1S/C19H22N2O4S/c1-2-25-17-12-10-16(11-13-17)21(14-19(22)20-15-8-9-15)26(23,24)18-6-4-3-5-7-18/h3-7,10-13,15H,2,8-9,14H2,1H3,(H,20,22). The molecule has 2 aromatic rings. The second-order valence-electron chi connectivity index (χ2n) is 6.09. The van der Waals surface area contributed by atoms with Crippen LogP contribution in [0.3, 0.4) is 0 Å². The molecule has 6 nitrogen and oxygen atoms in total. The minimum atomic E-state index is -3.86. The van der Waals surface area contributed by atoms with Gasteiger partial charge in [-0.2, -0.15) is 0 Å². The van der Waals surface area contributed by atoms with Crippen molar-refractivity contribution in [1.29, 1.82) is 0 Å². The first-order chi connectivity index (χ1) is 12.5. The molecule has 7 heteroatoms. The van der Waals surface area contributed by atoms with E-state index in [-0.39, 0.29) is 23.4 Å². The van der Waals surface area contributed by atoms with Crippen LogP contribution >= 0.6 is 0 Å². The molecule has 1 aliphatic rings. The van der Waals surface area contributed by atoms with Crippen molar-refractivity contribution in [2.24, 2.45) is 0 Å². The van der Waals surface area contributed by atoms with Crippen LogP contribution < -0.4 is 14.4 Å². The predicted octanol–water partition coefficient (Wildman–Crippen LogP) is 2.56. The number of sulfonamides is 1. The van der Waals surface area contributed by atoms with Crippen LogP contribution in [0.5, 0.6) is 5.75 Å². The molecular formula is C19H22N2O4S. The Morgan fingerprint density at radius 1 is 1.12 bits per heavy atom. The van der Waals surface area contributed by atoms with Crippen LogP contribution in [-0.4, -0.2) is 33.5 Å². The third kappa shape index (κ3) is 4.35. The highest BCUT2D eigenvalue weighted by Crippen LogP contribution is 2.26. The maximum atomic E-state index is 13.1. The van der Waals surface area contributed by atoms with E-state index in [1.165, 1.54) is 12.1 Å². The highest BCUT2D eigenvalue weighted by Gasteiger charge is 2.29. The molecule has 0 spiro atoms. The molecule has 3 rings (SSSR count). The number of hydrogen-bond donors (Lipinski definition) is 1. The molecule has 0 aromatic heterocycles. The lowest BCUT2D eigenvalue weighted by Crippen LogP contribution is -2.41. The minimum absolute atomic E-state index is 0.146. The van der Waals surface area contributed by atoms with Crippen molar-refractivity contribution < 1.29 is 17.9 Å². The number of carbonyl (C=O) groups excluding carboxylic acids is 1. The molecule has 26 heavy (non-hydrogen) atoms. The van der Waals surface area contributed by atoms with Gasteiger partial charge in [0.2, 0.25) is 5.91 Å². The summed E-state index contributed by atoms with van der Waals surface area (Å²) in [7, 11) is -3.86. The average Bonchev–Trinajstić information content (AvgIpc) is 3.45. The molecule has 0 unspecified atom stereocenters. The van der Waals surface area contributed by atoms with E-state index in [1.54, 1.807) is 42.5 Å². The van der Waals surface area contributed by atoms with Gasteiger partial charge < -0.3 is 10.1 Å². The van der Waals surface area contributed by atoms with Crippen molar-refractivity contribution in [3.63, 3.8) is 0 Å². The van der Waals surface area contributed by atoms with Crippen molar-refractivity contribution in [1.82, 2.24) is 5.32 Å². The Hall–Kier alpha value is -2.54. The third-order valence-corrected chi connectivity index (χ3v) is 5.78. The van der Waals surface area contributed by atoms with E-state index in [9.17, 15) is 13.2 Å². The van der Waals surface area contributed by atoms with Gasteiger partial charge in [0.15, 0.2) is 0 Å². The first kappa shape index (κ1) is 18.3. The number of benzene rings is 2. The highest BCUT2D eigenvalue weighted by molar-refractivity contribution is 7.92. The normalized spacial score (nSPS) is 13.9. The van der Waals surface area contributed by atoms with Gasteiger partial charge in [0.25, 0.3) is 10.0 Å². The van der Waals surface area contributed by atoms with E-state index in [0.717, 1.165) is 17.1 Å². The van der Waals surface area contributed by atoms with Gasteiger partial charge in [0, 0.05) is 6.04 Å². The first-order valence-corrected chi connectivity index (χ1v) is 10.0. The maximum Gasteiger partial charge on any atom is 0.264 e. The summed E-state index contributed by atoms with van der Waals surface area (Å²) >= 11 is 0. The van der Waals surface area contributed by atoms with Crippen LogP contribution in [0.2, 0.25) is 0 Å². The molecule has 0 aliphatic heterocycles. The summed E-state index contributed by atoms with van der Waals surface area (Å²) in [5.41, 5.74) is 0.420. The van der Waals surface area contributed by atoms with Gasteiger partial charge in [-0.25, -0.2) is 8.42 Å². The Kier molecular flexibility index (Phi) is 5.46. The van der Waals surface area contributed by atoms with Crippen LogP contribution in [0.15, 0.2) is 59.5 Å². The fourth-order valence-electron chi connectivity index (χ4n) is 2.54. The van der Waals surface area contributed by atoms with Gasteiger partial charge in [-0.1, -0.05) is 18.2 Å². The summed E-state index contributed by atoms with van der Waals surface area (Å²) in [5.74, 6) is 0.344. The number of amides is 1. The molecule has 1 aliphatic carbocycles. The first-order valence-electron chi connectivity index (χ1n) is 8.60.